The Labute approximate surface area is 291 Å². The highest BCUT2D eigenvalue weighted by molar-refractivity contribution is 6.11. The first-order valence-electron chi connectivity index (χ1n) is 17.9. The van der Waals surface area contributed by atoms with Gasteiger partial charge in [0.05, 0.1) is 17.6 Å². The number of rotatable bonds is 3. The molecular formula is C43H38N6O. The minimum absolute atomic E-state index is 0.0252. The van der Waals surface area contributed by atoms with Crippen molar-refractivity contribution in [3.05, 3.63) is 126 Å². The van der Waals surface area contributed by atoms with E-state index in [-0.39, 0.29) is 23.2 Å². The van der Waals surface area contributed by atoms with Gasteiger partial charge in [-0.05, 0) is 48.6 Å². The molecule has 5 aliphatic rings. The molecule has 0 bridgehead atoms. The zero-order valence-corrected chi connectivity index (χ0v) is 29.0. The summed E-state index contributed by atoms with van der Waals surface area (Å²) in [6, 6.07) is 30.6. The molecule has 2 aromatic heterocycles. The third-order valence-corrected chi connectivity index (χ3v) is 12.8. The highest BCUT2D eigenvalue weighted by atomic mass is 16.3. The van der Waals surface area contributed by atoms with Gasteiger partial charge in [-0.15, -0.1) is 0 Å². The number of aryl methyl sites for hydroxylation is 1. The number of likely N-dealkylation sites (N-methyl/N-ethyl adjacent to an activating group) is 1. The summed E-state index contributed by atoms with van der Waals surface area (Å²) in [6.45, 7) is 6.93. The normalized spacial score (nSPS) is 26.7. The molecule has 0 amide bonds. The fourth-order valence-corrected chi connectivity index (χ4v) is 10.8. The van der Waals surface area contributed by atoms with Gasteiger partial charge in [0.2, 0.25) is 0 Å². The number of fused-ring (bicyclic) bond motifs is 15. The van der Waals surface area contributed by atoms with Gasteiger partial charge in [0, 0.05) is 64.8 Å². The van der Waals surface area contributed by atoms with Crippen LogP contribution in [0.15, 0.2) is 114 Å². The number of hydrogen-bond donors (Lipinski definition) is 0. The molecular weight excluding hydrogens is 617 g/mol. The van der Waals surface area contributed by atoms with Crippen molar-refractivity contribution >= 4 is 50.4 Å². The molecule has 4 aromatic carbocycles. The number of para-hydroxylation sites is 2. The van der Waals surface area contributed by atoms with E-state index < -0.39 is 0 Å². The molecule has 0 radical (unpaired) electrons. The van der Waals surface area contributed by atoms with Crippen LogP contribution in [0.1, 0.15) is 43.4 Å². The smallest absolute Gasteiger partial charge is 0.161 e. The molecule has 0 spiro atoms. The van der Waals surface area contributed by atoms with Crippen LogP contribution in [0.3, 0.4) is 0 Å². The molecule has 1 aliphatic carbocycles. The number of nitrogens with zero attached hydrogens (tertiary/aromatic N) is 6. The van der Waals surface area contributed by atoms with Crippen LogP contribution in [-0.2, 0) is 5.41 Å². The first-order valence-corrected chi connectivity index (χ1v) is 17.9. The minimum Gasteiger partial charge on any atom is -0.454 e. The number of aromatic nitrogens is 2. The second-order valence-corrected chi connectivity index (χ2v) is 14.6. The number of benzene rings is 4. The number of hydrogen-bond acceptors (Lipinski definition) is 7. The zero-order valence-electron chi connectivity index (χ0n) is 29.0. The highest BCUT2D eigenvalue weighted by Gasteiger charge is 2.80. The van der Waals surface area contributed by atoms with Crippen molar-refractivity contribution in [3.63, 3.8) is 0 Å². The predicted octanol–water partition coefficient (Wildman–Crippen LogP) is 9.35. The maximum atomic E-state index is 6.78. The summed E-state index contributed by atoms with van der Waals surface area (Å²) in [5, 5.41) is 2.35. The van der Waals surface area contributed by atoms with Crippen molar-refractivity contribution in [2.75, 3.05) is 28.8 Å². The molecule has 0 saturated heterocycles. The Hall–Kier alpha value is -5.56. The molecule has 7 nitrogen and oxygen atoms in total. The van der Waals surface area contributed by atoms with Crippen LogP contribution in [-0.4, -0.2) is 41.3 Å². The molecule has 6 aromatic rings. The molecule has 0 N–H and O–H groups in total. The summed E-state index contributed by atoms with van der Waals surface area (Å²) >= 11 is 0. The standard InChI is InChI=1S/C43H38N6O/c1-6-42-30-21-20-28-27-16-11-13-19-33(27)50-36(28)35(30)48-23-22-46(4)41(48)43(42,7-2)37(42)34-29-17-10-12-18-31(29)49-32-24-44-38(26-15-9-8-14-25(26)3)45-39(32)47(5)40(34)49/h8-24,40-41H,6-7H2,1-5H3. The largest absolute Gasteiger partial charge is 0.454 e. The van der Waals surface area contributed by atoms with Gasteiger partial charge in [0.1, 0.15) is 23.6 Å². The highest BCUT2D eigenvalue weighted by Crippen LogP contribution is 2.82. The van der Waals surface area contributed by atoms with Crippen molar-refractivity contribution < 1.29 is 4.42 Å². The summed E-state index contributed by atoms with van der Waals surface area (Å²) in [5.41, 5.74) is 13.1. The quantitative estimate of drug-likeness (QED) is 0.189. The van der Waals surface area contributed by atoms with Crippen molar-refractivity contribution in [1.29, 1.82) is 0 Å². The summed E-state index contributed by atoms with van der Waals surface area (Å²) < 4.78 is 6.78. The van der Waals surface area contributed by atoms with E-state index in [0.29, 0.717) is 0 Å². The molecule has 4 aliphatic heterocycles. The molecule has 4 unspecified atom stereocenters. The fourth-order valence-electron chi connectivity index (χ4n) is 10.8. The second kappa shape index (κ2) is 9.36. The van der Waals surface area contributed by atoms with Crippen LogP contribution >= 0.6 is 0 Å². The van der Waals surface area contributed by atoms with Gasteiger partial charge >= 0.3 is 0 Å². The molecule has 11 rings (SSSR count). The molecule has 1 fully saturated rings. The van der Waals surface area contributed by atoms with Gasteiger partial charge in [-0.3, -0.25) is 0 Å². The average molecular weight is 655 g/mol. The fraction of sp³-hybridized carbons (Fsp3) is 0.256. The first-order chi connectivity index (χ1) is 24.5. The zero-order chi connectivity index (χ0) is 33.7. The molecule has 7 heteroatoms. The van der Waals surface area contributed by atoms with E-state index in [4.69, 9.17) is 14.4 Å². The Morgan fingerprint density at radius 3 is 2.40 bits per heavy atom. The summed E-state index contributed by atoms with van der Waals surface area (Å²) in [5.74, 6) is 1.74. The lowest BCUT2D eigenvalue weighted by molar-refractivity contribution is 0.194. The van der Waals surface area contributed by atoms with E-state index in [1.54, 1.807) is 5.57 Å². The SMILES string of the molecule is CCC12C(=C3c4ccccc4N4c5cnc(-c6ccccc6C)nc5N(C)C34)C1(CC)C1N(C)C=CN1c1c2ccc2c1oc1ccccc12. The van der Waals surface area contributed by atoms with Crippen LogP contribution in [0.5, 0.6) is 0 Å². The third kappa shape index (κ3) is 3.02. The molecule has 50 heavy (non-hydrogen) atoms. The van der Waals surface area contributed by atoms with Crippen LogP contribution in [0.2, 0.25) is 0 Å². The van der Waals surface area contributed by atoms with Crippen molar-refractivity contribution in [2.24, 2.45) is 5.41 Å². The van der Waals surface area contributed by atoms with Gasteiger partial charge < -0.3 is 24.0 Å². The van der Waals surface area contributed by atoms with Gasteiger partial charge in [-0.2, -0.15) is 0 Å². The van der Waals surface area contributed by atoms with Gasteiger partial charge in [-0.1, -0.05) is 86.6 Å². The lowest BCUT2D eigenvalue weighted by atomic mass is 9.76. The lowest BCUT2D eigenvalue weighted by Gasteiger charge is -2.44. The molecule has 246 valence electrons. The Bertz CT molecular complexity index is 2530. The maximum Gasteiger partial charge on any atom is 0.161 e. The Morgan fingerprint density at radius 2 is 1.58 bits per heavy atom. The molecule has 1 saturated carbocycles. The molecule has 6 heterocycles. The maximum absolute atomic E-state index is 6.78. The molecule has 4 atom stereocenters. The number of anilines is 4. The minimum atomic E-state index is -0.169. The van der Waals surface area contributed by atoms with Crippen molar-refractivity contribution in [1.82, 2.24) is 14.9 Å². The Balaban J connectivity index is 1.19. The number of furan rings is 1. The Kier molecular flexibility index (Phi) is 5.30. The van der Waals surface area contributed by atoms with Crippen LogP contribution < -0.4 is 14.7 Å². The van der Waals surface area contributed by atoms with Crippen molar-refractivity contribution in [2.45, 2.75) is 51.4 Å². The van der Waals surface area contributed by atoms with E-state index >= 15 is 0 Å². The topological polar surface area (TPSA) is 51.9 Å². The van der Waals surface area contributed by atoms with Gasteiger partial charge in [0.15, 0.2) is 17.2 Å². The van der Waals surface area contributed by atoms with Gasteiger partial charge in [-0.25, -0.2) is 9.97 Å². The van der Waals surface area contributed by atoms with E-state index in [0.717, 1.165) is 46.9 Å². The summed E-state index contributed by atoms with van der Waals surface area (Å²) in [6.07, 6.45) is 8.71. The van der Waals surface area contributed by atoms with Crippen LogP contribution in [0.25, 0.3) is 38.9 Å². The van der Waals surface area contributed by atoms with E-state index in [9.17, 15) is 0 Å². The second-order valence-electron chi connectivity index (χ2n) is 14.6. The van der Waals surface area contributed by atoms with E-state index in [2.05, 4.69) is 152 Å². The van der Waals surface area contributed by atoms with Crippen LogP contribution in [0, 0.1) is 12.3 Å². The summed E-state index contributed by atoms with van der Waals surface area (Å²) in [7, 11) is 4.47. The predicted molar refractivity (Wildman–Crippen MR) is 201 cm³/mol. The monoisotopic (exact) mass is 654 g/mol. The van der Waals surface area contributed by atoms with Crippen LogP contribution in [0.4, 0.5) is 22.9 Å². The van der Waals surface area contributed by atoms with Gasteiger partial charge in [0.25, 0.3) is 0 Å². The van der Waals surface area contributed by atoms with E-state index in [1.165, 1.54) is 44.4 Å². The summed E-state index contributed by atoms with van der Waals surface area (Å²) in [4.78, 5) is 20.1. The third-order valence-electron chi connectivity index (χ3n) is 12.8. The van der Waals surface area contributed by atoms with E-state index in [1.807, 2.05) is 6.20 Å². The average Bonchev–Trinajstić information content (AvgIpc) is 3.58. The first kappa shape index (κ1) is 28.3. The van der Waals surface area contributed by atoms with Crippen molar-refractivity contribution in [3.8, 4) is 11.4 Å². The Morgan fingerprint density at radius 1 is 0.800 bits per heavy atom. The lowest BCUT2D eigenvalue weighted by Crippen LogP contribution is -2.50.